The summed E-state index contributed by atoms with van der Waals surface area (Å²) in [4.78, 5) is 25.3. The summed E-state index contributed by atoms with van der Waals surface area (Å²) in [6.07, 6.45) is 0. The Morgan fingerprint density at radius 1 is 1.07 bits per heavy atom. The van der Waals surface area contributed by atoms with Crippen LogP contribution in [0.4, 0.5) is 10.1 Å². The molecule has 0 aliphatic rings. The van der Waals surface area contributed by atoms with E-state index in [2.05, 4.69) is 10.0 Å². The van der Waals surface area contributed by atoms with Crippen LogP contribution in [0, 0.1) is 5.82 Å². The van der Waals surface area contributed by atoms with Crippen LogP contribution in [0.2, 0.25) is 0 Å². The number of anilines is 1. The van der Waals surface area contributed by atoms with Crippen LogP contribution >= 0.6 is 0 Å². The van der Waals surface area contributed by atoms with Gasteiger partial charge < -0.3 is 10.2 Å². The molecule has 27 heavy (non-hydrogen) atoms. The molecule has 0 bridgehead atoms. The van der Waals surface area contributed by atoms with Gasteiger partial charge in [0.15, 0.2) is 0 Å². The zero-order valence-corrected chi connectivity index (χ0v) is 15.9. The Balaban J connectivity index is 2.22. The van der Waals surface area contributed by atoms with E-state index in [0.717, 1.165) is 12.1 Å². The molecule has 0 heterocycles. The highest BCUT2D eigenvalue weighted by atomic mass is 32.2. The molecule has 0 spiro atoms. The summed E-state index contributed by atoms with van der Waals surface area (Å²) >= 11 is 0. The number of likely N-dealkylation sites (N-methyl/N-ethyl adjacent to an activating group) is 1. The van der Waals surface area contributed by atoms with E-state index in [1.807, 2.05) is 0 Å². The quantitative estimate of drug-likeness (QED) is 0.783. The maximum absolute atomic E-state index is 13.7. The van der Waals surface area contributed by atoms with Crippen LogP contribution in [0.15, 0.2) is 53.4 Å². The summed E-state index contributed by atoms with van der Waals surface area (Å²) in [6.45, 7) is 1.53. The fourth-order valence-electron chi connectivity index (χ4n) is 2.28. The Morgan fingerprint density at radius 2 is 1.74 bits per heavy atom. The topological polar surface area (TPSA) is 95.6 Å². The lowest BCUT2D eigenvalue weighted by molar-refractivity contribution is -0.130. The van der Waals surface area contributed by atoms with E-state index in [0.29, 0.717) is 0 Å². The van der Waals surface area contributed by atoms with Crippen molar-refractivity contribution in [1.29, 1.82) is 0 Å². The average Bonchev–Trinajstić information content (AvgIpc) is 2.62. The van der Waals surface area contributed by atoms with Gasteiger partial charge in [-0.3, -0.25) is 14.3 Å². The number of rotatable bonds is 6. The molecular formula is C18H20FN3O4S. The number of hydrogen-bond acceptors (Lipinski definition) is 4. The summed E-state index contributed by atoms with van der Waals surface area (Å²) in [6, 6.07) is 9.84. The van der Waals surface area contributed by atoms with E-state index < -0.39 is 27.8 Å². The first-order valence-corrected chi connectivity index (χ1v) is 9.49. The Morgan fingerprint density at radius 3 is 2.37 bits per heavy atom. The lowest BCUT2D eigenvalue weighted by atomic mass is 10.2. The molecule has 2 amide bonds. The van der Waals surface area contributed by atoms with E-state index >= 15 is 0 Å². The lowest BCUT2D eigenvalue weighted by Gasteiger charge is -2.18. The molecule has 2 aromatic rings. The molecule has 144 valence electrons. The van der Waals surface area contributed by atoms with Gasteiger partial charge in [0.2, 0.25) is 5.91 Å². The van der Waals surface area contributed by atoms with Gasteiger partial charge in [-0.2, -0.15) is 0 Å². The SMILES string of the molecule is C[C@@H](NC(=O)c1cccc(S(=O)(=O)Nc2ccccc2F)c1)C(=O)N(C)C. The number of halogens is 1. The van der Waals surface area contributed by atoms with E-state index in [4.69, 9.17) is 0 Å². The molecule has 2 rings (SSSR count). The van der Waals surface area contributed by atoms with Crippen LogP contribution in [-0.4, -0.2) is 45.3 Å². The first kappa shape index (κ1) is 20.4. The zero-order chi connectivity index (χ0) is 20.2. The highest BCUT2D eigenvalue weighted by molar-refractivity contribution is 7.92. The van der Waals surface area contributed by atoms with E-state index in [-0.39, 0.29) is 22.1 Å². The van der Waals surface area contributed by atoms with Gasteiger partial charge >= 0.3 is 0 Å². The summed E-state index contributed by atoms with van der Waals surface area (Å²) in [5, 5.41) is 2.51. The minimum absolute atomic E-state index is 0.0600. The Hall–Kier alpha value is -2.94. The van der Waals surface area contributed by atoms with Crippen LogP contribution in [-0.2, 0) is 14.8 Å². The molecule has 2 N–H and O–H groups in total. The Bertz CT molecular complexity index is 961. The molecule has 0 fully saturated rings. The fraction of sp³-hybridized carbons (Fsp3) is 0.222. The lowest BCUT2D eigenvalue weighted by Crippen LogP contribution is -2.44. The van der Waals surface area contributed by atoms with Gasteiger partial charge in [0.25, 0.3) is 15.9 Å². The Labute approximate surface area is 157 Å². The molecular weight excluding hydrogens is 373 g/mol. The molecule has 0 unspecified atom stereocenters. The number of carbonyl (C=O) groups excluding carboxylic acids is 2. The monoisotopic (exact) mass is 393 g/mol. The molecule has 7 nitrogen and oxygen atoms in total. The van der Waals surface area contributed by atoms with Crippen molar-refractivity contribution in [2.45, 2.75) is 17.9 Å². The van der Waals surface area contributed by atoms with Crippen molar-refractivity contribution >= 4 is 27.5 Å². The predicted molar refractivity (Wildman–Crippen MR) is 99.3 cm³/mol. The van der Waals surface area contributed by atoms with Crippen LogP contribution in [0.1, 0.15) is 17.3 Å². The van der Waals surface area contributed by atoms with Crippen molar-refractivity contribution in [1.82, 2.24) is 10.2 Å². The fourth-order valence-corrected chi connectivity index (χ4v) is 3.39. The number of nitrogens with one attached hydrogen (secondary N) is 2. The second kappa shape index (κ2) is 8.17. The molecule has 0 saturated carbocycles. The van der Waals surface area contributed by atoms with Gasteiger partial charge in [-0.15, -0.1) is 0 Å². The number of carbonyl (C=O) groups is 2. The van der Waals surface area contributed by atoms with Crippen LogP contribution < -0.4 is 10.0 Å². The maximum Gasteiger partial charge on any atom is 0.262 e. The van der Waals surface area contributed by atoms with Crippen molar-refractivity contribution in [3.8, 4) is 0 Å². The minimum Gasteiger partial charge on any atom is -0.347 e. The van der Waals surface area contributed by atoms with Gasteiger partial charge in [-0.1, -0.05) is 18.2 Å². The molecule has 0 aliphatic heterocycles. The van der Waals surface area contributed by atoms with Gasteiger partial charge in [0.05, 0.1) is 10.6 Å². The third-order valence-electron chi connectivity index (χ3n) is 3.68. The molecule has 1 atom stereocenters. The van der Waals surface area contributed by atoms with Crippen molar-refractivity contribution in [3.63, 3.8) is 0 Å². The zero-order valence-electron chi connectivity index (χ0n) is 15.1. The highest BCUT2D eigenvalue weighted by Gasteiger charge is 2.21. The first-order chi connectivity index (χ1) is 12.6. The summed E-state index contributed by atoms with van der Waals surface area (Å²) in [7, 11) is -0.971. The summed E-state index contributed by atoms with van der Waals surface area (Å²) in [5.74, 6) is -1.61. The molecule has 0 aliphatic carbocycles. The summed E-state index contributed by atoms with van der Waals surface area (Å²) < 4.78 is 40.8. The third kappa shape index (κ3) is 5.04. The van der Waals surface area contributed by atoms with Crippen molar-refractivity contribution < 1.29 is 22.4 Å². The maximum atomic E-state index is 13.7. The Kier molecular flexibility index (Phi) is 6.17. The molecule has 0 radical (unpaired) electrons. The van der Waals surface area contributed by atoms with Gasteiger partial charge in [-0.05, 0) is 37.3 Å². The van der Waals surface area contributed by atoms with Crippen molar-refractivity contribution in [2.24, 2.45) is 0 Å². The normalized spacial score (nSPS) is 12.1. The number of amides is 2. The summed E-state index contributed by atoms with van der Waals surface area (Å²) in [5.41, 5.74) is -0.137. The van der Waals surface area contributed by atoms with Gasteiger partial charge in [-0.25, -0.2) is 12.8 Å². The number of hydrogen-bond donors (Lipinski definition) is 2. The minimum atomic E-state index is -4.10. The first-order valence-electron chi connectivity index (χ1n) is 8.01. The van der Waals surface area contributed by atoms with Crippen LogP contribution in [0.3, 0.4) is 0 Å². The molecule has 0 saturated heterocycles. The largest absolute Gasteiger partial charge is 0.347 e. The van der Waals surface area contributed by atoms with Crippen LogP contribution in [0.25, 0.3) is 0 Å². The number of sulfonamides is 1. The van der Waals surface area contributed by atoms with Gasteiger partial charge in [0, 0.05) is 19.7 Å². The highest BCUT2D eigenvalue weighted by Crippen LogP contribution is 2.19. The number of benzene rings is 2. The second-order valence-electron chi connectivity index (χ2n) is 6.04. The standard InChI is InChI=1S/C18H20FN3O4S/c1-12(18(24)22(2)3)20-17(23)13-7-6-8-14(11-13)27(25,26)21-16-10-5-4-9-15(16)19/h4-12,21H,1-3H3,(H,20,23)/t12-/m1/s1. The van der Waals surface area contributed by atoms with Crippen molar-refractivity contribution in [3.05, 3.63) is 59.9 Å². The van der Waals surface area contributed by atoms with Crippen molar-refractivity contribution in [2.75, 3.05) is 18.8 Å². The smallest absolute Gasteiger partial charge is 0.262 e. The third-order valence-corrected chi connectivity index (χ3v) is 5.05. The van der Waals surface area contributed by atoms with E-state index in [1.54, 1.807) is 14.1 Å². The molecule has 2 aromatic carbocycles. The molecule has 0 aromatic heterocycles. The predicted octanol–water partition coefficient (Wildman–Crippen LogP) is 1.83. The van der Waals surface area contributed by atoms with Gasteiger partial charge in [0.1, 0.15) is 11.9 Å². The van der Waals surface area contributed by atoms with E-state index in [9.17, 15) is 22.4 Å². The van der Waals surface area contributed by atoms with E-state index in [1.165, 1.54) is 48.2 Å². The molecule has 9 heteroatoms. The van der Waals surface area contributed by atoms with Crippen LogP contribution in [0.5, 0.6) is 0 Å². The number of para-hydroxylation sites is 1. The average molecular weight is 393 g/mol. The second-order valence-corrected chi connectivity index (χ2v) is 7.72. The number of nitrogens with zero attached hydrogens (tertiary/aromatic N) is 1.